The summed E-state index contributed by atoms with van der Waals surface area (Å²) in [5, 5.41) is 5.61. The predicted octanol–water partition coefficient (Wildman–Crippen LogP) is 1.27. The minimum Gasteiger partial charge on any atom is -0.319 e. The van der Waals surface area contributed by atoms with Crippen molar-refractivity contribution in [3.05, 3.63) is 22.4 Å². The molecule has 0 bridgehead atoms. The molecule has 1 aliphatic heterocycles. The summed E-state index contributed by atoms with van der Waals surface area (Å²) >= 11 is 1.72. The van der Waals surface area contributed by atoms with Crippen molar-refractivity contribution in [1.82, 2.24) is 15.1 Å². The van der Waals surface area contributed by atoms with Crippen molar-refractivity contribution < 1.29 is 4.79 Å². The average Bonchev–Trinajstić information content (AvgIpc) is 2.82. The molecule has 1 amide bonds. The fraction of sp³-hybridized carbons (Fsp3) is 0.615. The number of carbonyl (C=O) groups excluding carboxylic acids is 1. The lowest BCUT2D eigenvalue weighted by Crippen LogP contribution is -2.36. The zero-order chi connectivity index (χ0) is 12.8. The van der Waals surface area contributed by atoms with Gasteiger partial charge in [0.1, 0.15) is 11.7 Å². The van der Waals surface area contributed by atoms with Gasteiger partial charge in [0.25, 0.3) is 0 Å². The number of likely N-dealkylation sites (N-methyl/N-ethyl adjacent to an activating group) is 1. The molecule has 1 aromatic rings. The van der Waals surface area contributed by atoms with Gasteiger partial charge in [-0.1, -0.05) is 6.07 Å². The molecular weight excluding hydrogens is 246 g/mol. The van der Waals surface area contributed by atoms with Gasteiger partial charge in [-0.15, -0.1) is 11.3 Å². The molecule has 1 saturated carbocycles. The fourth-order valence-corrected chi connectivity index (χ4v) is 3.27. The lowest BCUT2D eigenvalue weighted by atomic mass is 10.3. The van der Waals surface area contributed by atoms with Crippen LogP contribution >= 0.6 is 11.3 Å². The van der Waals surface area contributed by atoms with E-state index in [0.29, 0.717) is 5.91 Å². The van der Waals surface area contributed by atoms with E-state index < -0.39 is 0 Å². The molecule has 1 spiro atoms. The maximum Gasteiger partial charge on any atom is 0.244 e. The van der Waals surface area contributed by atoms with E-state index in [0.717, 1.165) is 25.9 Å². The first-order chi connectivity index (χ1) is 8.62. The molecule has 4 nitrogen and oxygen atoms in total. The van der Waals surface area contributed by atoms with E-state index in [4.69, 9.17) is 0 Å². The first-order valence-electron chi connectivity index (χ1n) is 6.39. The van der Waals surface area contributed by atoms with Crippen LogP contribution in [0.1, 0.15) is 23.9 Å². The van der Waals surface area contributed by atoms with Crippen molar-refractivity contribution in [2.24, 2.45) is 0 Å². The molecule has 5 heteroatoms. The van der Waals surface area contributed by atoms with Crippen molar-refractivity contribution in [2.75, 3.05) is 27.2 Å². The summed E-state index contributed by atoms with van der Waals surface area (Å²) in [6.07, 6.45) is 2.07. The Morgan fingerprint density at radius 1 is 1.56 bits per heavy atom. The lowest BCUT2D eigenvalue weighted by molar-refractivity contribution is -0.130. The summed E-state index contributed by atoms with van der Waals surface area (Å²) in [7, 11) is 4.09. The Morgan fingerprint density at radius 3 is 2.89 bits per heavy atom. The van der Waals surface area contributed by atoms with Gasteiger partial charge >= 0.3 is 0 Å². The van der Waals surface area contributed by atoms with Gasteiger partial charge in [-0.2, -0.15) is 0 Å². The molecule has 1 N–H and O–H groups in total. The van der Waals surface area contributed by atoms with Gasteiger partial charge in [0.05, 0.1) is 0 Å². The fourth-order valence-electron chi connectivity index (χ4n) is 2.49. The maximum absolute atomic E-state index is 12.5. The molecule has 18 heavy (non-hydrogen) atoms. The van der Waals surface area contributed by atoms with E-state index in [1.807, 2.05) is 25.1 Å². The molecule has 0 radical (unpaired) electrons. The van der Waals surface area contributed by atoms with Crippen LogP contribution in [0.4, 0.5) is 0 Å². The summed E-state index contributed by atoms with van der Waals surface area (Å²) in [5.74, 6) is 0.294. The van der Waals surface area contributed by atoms with Crippen LogP contribution in [0, 0.1) is 0 Å². The Labute approximate surface area is 112 Å². The van der Waals surface area contributed by atoms with E-state index in [9.17, 15) is 4.79 Å². The Morgan fingerprint density at radius 2 is 2.33 bits per heavy atom. The molecular formula is C13H19N3OS. The summed E-state index contributed by atoms with van der Waals surface area (Å²) in [5.41, 5.74) is -0.221. The quantitative estimate of drug-likeness (QED) is 0.890. The highest BCUT2D eigenvalue weighted by molar-refractivity contribution is 7.10. The molecule has 1 aliphatic carbocycles. The van der Waals surface area contributed by atoms with E-state index in [1.54, 1.807) is 11.3 Å². The molecule has 1 unspecified atom stereocenters. The Hall–Kier alpha value is -0.910. The molecule has 2 aliphatic rings. The van der Waals surface area contributed by atoms with E-state index in [-0.39, 0.29) is 11.7 Å². The number of hydrogen-bond donors (Lipinski definition) is 1. The number of thiophene rings is 1. The van der Waals surface area contributed by atoms with Crippen LogP contribution in [0.3, 0.4) is 0 Å². The normalized spacial score (nSPS) is 25.4. The maximum atomic E-state index is 12.5. The third-order valence-corrected chi connectivity index (χ3v) is 4.67. The summed E-state index contributed by atoms with van der Waals surface area (Å²) in [6.45, 7) is 1.70. The number of rotatable bonds is 4. The van der Waals surface area contributed by atoms with E-state index >= 15 is 0 Å². The minimum atomic E-state index is -0.221. The van der Waals surface area contributed by atoms with Crippen LogP contribution in [-0.4, -0.2) is 48.4 Å². The third kappa shape index (κ3) is 1.96. The highest BCUT2D eigenvalue weighted by Crippen LogP contribution is 2.46. The average molecular weight is 265 g/mol. The van der Waals surface area contributed by atoms with Gasteiger partial charge in [0.2, 0.25) is 5.91 Å². The largest absolute Gasteiger partial charge is 0.319 e. The SMILES string of the molecule is CN(C)CCN1C(=O)C2(CC2)NC1c1cccs1. The smallest absolute Gasteiger partial charge is 0.244 e. The van der Waals surface area contributed by atoms with Gasteiger partial charge in [-0.3, -0.25) is 10.1 Å². The topological polar surface area (TPSA) is 35.6 Å². The van der Waals surface area contributed by atoms with Gasteiger partial charge in [0.15, 0.2) is 0 Å². The number of nitrogens with zero attached hydrogens (tertiary/aromatic N) is 2. The van der Waals surface area contributed by atoms with Crippen LogP contribution in [0.5, 0.6) is 0 Å². The van der Waals surface area contributed by atoms with Crippen LogP contribution < -0.4 is 5.32 Å². The zero-order valence-corrected chi connectivity index (χ0v) is 11.7. The highest BCUT2D eigenvalue weighted by Gasteiger charge is 2.59. The van der Waals surface area contributed by atoms with Crippen molar-refractivity contribution in [2.45, 2.75) is 24.5 Å². The number of carbonyl (C=O) groups is 1. The highest BCUT2D eigenvalue weighted by atomic mass is 32.1. The number of hydrogen-bond acceptors (Lipinski definition) is 4. The molecule has 2 heterocycles. The summed E-state index contributed by atoms with van der Waals surface area (Å²) in [6, 6.07) is 4.16. The molecule has 98 valence electrons. The number of nitrogens with one attached hydrogen (secondary N) is 1. The van der Waals surface area contributed by atoms with Crippen molar-refractivity contribution >= 4 is 17.2 Å². The minimum absolute atomic E-state index is 0.0833. The van der Waals surface area contributed by atoms with Gasteiger partial charge in [-0.25, -0.2) is 0 Å². The predicted molar refractivity (Wildman–Crippen MR) is 72.4 cm³/mol. The van der Waals surface area contributed by atoms with Crippen LogP contribution in [0.2, 0.25) is 0 Å². The molecule has 1 aromatic heterocycles. The van der Waals surface area contributed by atoms with E-state index in [2.05, 4.69) is 21.7 Å². The first-order valence-corrected chi connectivity index (χ1v) is 7.27. The van der Waals surface area contributed by atoms with Gasteiger partial charge < -0.3 is 9.80 Å². The van der Waals surface area contributed by atoms with Crippen LogP contribution in [-0.2, 0) is 4.79 Å². The Kier molecular flexibility index (Phi) is 2.92. The van der Waals surface area contributed by atoms with Crippen molar-refractivity contribution in [3.63, 3.8) is 0 Å². The van der Waals surface area contributed by atoms with Crippen LogP contribution in [0.25, 0.3) is 0 Å². The third-order valence-electron chi connectivity index (χ3n) is 3.75. The van der Waals surface area contributed by atoms with Crippen molar-refractivity contribution in [3.8, 4) is 0 Å². The molecule has 3 rings (SSSR count). The van der Waals surface area contributed by atoms with Crippen LogP contribution in [0.15, 0.2) is 17.5 Å². The number of amides is 1. The second-order valence-electron chi connectivity index (χ2n) is 5.45. The molecule has 1 saturated heterocycles. The first kappa shape index (κ1) is 12.1. The molecule has 2 fully saturated rings. The second-order valence-corrected chi connectivity index (χ2v) is 6.43. The van der Waals surface area contributed by atoms with Crippen molar-refractivity contribution in [1.29, 1.82) is 0 Å². The Bertz CT molecular complexity index is 439. The Balaban J connectivity index is 1.80. The summed E-state index contributed by atoms with van der Waals surface area (Å²) in [4.78, 5) is 17.8. The zero-order valence-electron chi connectivity index (χ0n) is 10.8. The molecule has 1 atom stereocenters. The monoisotopic (exact) mass is 265 g/mol. The summed E-state index contributed by atoms with van der Waals surface area (Å²) < 4.78 is 0. The van der Waals surface area contributed by atoms with Gasteiger partial charge in [-0.05, 0) is 38.4 Å². The van der Waals surface area contributed by atoms with Gasteiger partial charge in [0, 0.05) is 18.0 Å². The lowest BCUT2D eigenvalue weighted by Gasteiger charge is -2.24. The standard InChI is InChI=1S/C13H19N3OS/c1-15(2)7-8-16-11(10-4-3-9-18-10)14-13(5-6-13)12(16)17/h3-4,9,11,14H,5-8H2,1-2H3. The van der Waals surface area contributed by atoms with E-state index in [1.165, 1.54) is 4.88 Å². The molecule has 0 aromatic carbocycles. The second kappa shape index (κ2) is 4.33.